The van der Waals surface area contributed by atoms with Gasteiger partial charge in [0.15, 0.2) is 0 Å². The molecule has 0 spiro atoms. The predicted octanol–water partition coefficient (Wildman–Crippen LogP) is 1.06. The van der Waals surface area contributed by atoms with Gasteiger partial charge in [-0.15, -0.1) is 0 Å². The summed E-state index contributed by atoms with van der Waals surface area (Å²) in [4.78, 5) is 0. The minimum atomic E-state index is -2.08. The van der Waals surface area contributed by atoms with Gasteiger partial charge in [-0.05, 0) is 0 Å². The van der Waals surface area contributed by atoms with Crippen LogP contribution in [0.25, 0.3) is 0 Å². The molecule has 0 N–H and O–H groups in total. The molecule has 0 aromatic carbocycles. The van der Waals surface area contributed by atoms with Crippen LogP contribution in [-0.2, 0) is 13.6 Å². The predicted molar refractivity (Wildman–Crippen MR) is 30.1 cm³/mol. The molecule has 1 heterocycles. The highest BCUT2D eigenvalue weighted by Gasteiger charge is 2.12. The Labute approximate surface area is 48.9 Å². The lowest BCUT2D eigenvalue weighted by atomic mass is 10.2. The molecule has 0 bridgehead atoms. The molecular formula is C4H9O3P. The van der Waals surface area contributed by atoms with E-state index in [2.05, 4.69) is 0 Å². The minimum absolute atomic E-state index is 0.401. The van der Waals surface area contributed by atoms with Gasteiger partial charge in [0.1, 0.15) is 0 Å². The maximum Gasteiger partial charge on any atom is 0.319 e. The molecule has 8 heavy (non-hydrogen) atoms. The van der Waals surface area contributed by atoms with Crippen LogP contribution < -0.4 is 0 Å². The molecule has 0 aliphatic carbocycles. The summed E-state index contributed by atoms with van der Waals surface area (Å²) >= 11 is 0. The molecular weight excluding hydrogens is 127 g/mol. The van der Waals surface area contributed by atoms with Crippen molar-refractivity contribution in [2.75, 3.05) is 13.2 Å². The van der Waals surface area contributed by atoms with E-state index in [1.165, 1.54) is 0 Å². The van der Waals surface area contributed by atoms with Gasteiger partial charge in [-0.2, -0.15) is 0 Å². The van der Waals surface area contributed by atoms with Crippen molar-refractivity contribution >= 4 is 8.25 Å². The van der Waals surface area contributed by atoms with Crippen LogP contribution >= 0.6 is 8.25 Å². The second kappa shape index (κ2) is 2.62. The fraction of sp³-hybridized carbons (Fsp3) is 1.00. The smallest absolute Gasteiger partial charge is 0.310 e. The summed E-state index contributed by atoms with van der Waals surface area (Å²) in [5, 5.41) is 0. The Morgan fingerprint density at radius 3 is 2.38 bits per heavy atom. The van der Waals surface area contributed by atoms with E-state index in [0.29, 0.717) is 19.1 Å². The first-order chi connectivity index (χ1) is 3.79. The molecule has 0 atom stereocenters. The van der Waals surface area contributed by atoms with Crippen molar-refractivity contribution in [3.8, 4) is 0 Å². The molecule has 0 radical (unpaired) electrons. The van der Waals surface area contributed by atoms with E-state index in [4.69, 9.17) is 9.05 Å². The molecule has 1 saturated heterocycles. The van der Waals surface area contributed by atoms with E-state index in [1.54, 1.807) is 0 Å². The Morgan fingerprint density at radius 1 is 1.50 bits per heavy atom. The van der Waals surface area contributed by atoms with Crippen molar-refractivity contribution in [2.45, 2.75) is 6.92 Å². The van der Waals surface area contributed by atoms with Crippen molar-refractivity contribution in [3.05, 3.63) is 0 Å². The van der Waals surface area contributed by atoms with Gasteiger partial charge in [-0.3, -0.25) is 4.57 Å². The number of rotatable bonds is 0. The Morgan fingerprint density at radius 2 is 2.00 bits per heavy atom. The van der Waals surface area contributed by atoms with Crippen LogP contribution in [0.3, 0.4) is 0 Å². The monoisotopic (exact) mass is 136 g/mol. The molecule has 1 rings (SSSR count). The van der Waals surface area contributed by atoms with Gasteiger partial charge >= 0.3 is 8.25 Å². The summed E-state index contributed by atoms with van der Waals surface area (Å²) in [5.74, 6) is 0.401. The summed E-state index contributed by atoms with van der Waals surface area (Å²) in [7, 11) is -2.08. The van der Waals surface area contributed by atoms with Gasteiger partial charge in [0.05, 0.1) is 13.2 Å². The van der Waals surface area contributed by atoms with E-state index in [1.807, 2.05) is 6.92 Å². The van der Waals surface area contributed by atoms with Crippen molar-refractivity contribution in [2.24, 2.45) is 5.92 Å². The molecule has 0 unspecified atom stereocenters. The van der Waals surface area contributed by atoms with Gasteiger partial charge in [-0.25, -0.2) is 0 Å². The van der Waals surface area contributed by atoms with Crippen LogP contribution in [0.15, 0.2) is 0 Å². The molecule has 3 nitrogen and oxygen atoms in total. The summed E-state index contributed by atoms with van der Waals surface area (Å²) in [6.07, 6.45) is 0. The van der Waals surface area contributed by atoms with Crippen LogP contribution in [-0.4, -0.2) is 13.2 Å². The summed E-state index contributed by atoms with van der Waals surface area (Å²) in [6, 6.07) is 0. The van der Waals surface area contributed by atoms with Gasteiger partial charge < -0.3 is 9.05 Å². The highest BCUT2D eigenvalue weighted by atomic mass is 31.1. The van der Waals surface area contributed by atoms with Crippen molar-refractivity contribution in [1.82, 2.24) is 0 Å². The van der Waals surface area contributed by atoms with Crippen molar-refractivity contribution < 1.29 is 13.6 Å². The molecule has 48 valence electrons. The average Bonchev–Trinajstić information content (AvgIpc) is 1.77. The van der Waals surface area contributed by atoms with Gasteiger partial charge in [-0.1, -0.05) is 6.92 Å². The lowest BCUT2D eigenvalue weighted by Gasteiger charge is -2.16. The Balaban J connectivity index is 2.29. The molecule has 4 heteroatoms. The number of hydrogen-bond donors (Lipinski definition) is 0. The summed E-state index contributed by atoms with van der Waals surface area (Å²) < 4.78 is 19.8. The normalized spacial score (nSPS) is 39.6. The highest BCUT2D eigenvalue weighted by Crippen LogP contribution is 2.29. The van der Waals surface area contributed by atoms with Crippen molar-refractivity contribution in [1.29, 1.82) is 0 Å². The lowest BCUT2D eigenvalue weighted by Crippen LogP contribution is -2.13. The van der Waals surface area contributed by atoms with E-state index >= 15 is 0 Å². The molecule has 1 aliphatic rings. The molecule has 1 aliphatic heterocycles. The summed E-state index contributed by atoms with van der Waals surface area (Å²) in [6.45, 7) is 3.16. The molecule has 0 amide bonds. The fourth-order valence-corrected chi connectivity index (χ4v) is 1.43. The Bertz CT molecular complexity index is 93.5. The molecule has 0 aromatic rings. The third-order valence-electron chi connectivity index (χ3n) is 0.971. The first-order valence-electron chi connectivity index (χ1n) is 2.58. The average molecular weight is 136 g/mol. The molecule has 0 aromatic heterocycles. The first-order valence-corrected chi connectivity index (χ1v) is 3.81. The number of hydrogen-bond acceptors (Lipinski definition) is 3. The van der Waals surface area contributed by atoms with E-state index in [0.717, 1.165) is 0 Å². The second-order valence-electron chi connectivity index (χ2n) is 1.98. The van der Waals surface area contributed by atoms with Crippen molar-refractivity contribution in [3.63, 3.8) is 0 Å². The summed E-state index contributed by atoms with van der Waals surface area (Å²) in [5.41, 5.74) is 0. The van der Waals surface area contributed by atoms with Crippen LogP contribution in [0.2, 0.25) is 0 Å². The largest absolute Gasteiger partial charge is 0.319 e. The topological polar surface area (TPSA) is 35.5 Å². The van der Waals surface area contributed by atoms with Crippen LogP contribution in [0.1, 0.15) is 6.92 Å². The molecule has 0 saturated carbocycles. The van der Waals surface area contributed by atoms with Crippen LogP contribution in [0.4, 0.5) is 0 Å². The fourth-order valence-electron chi connectivity index (χ4n) is 0.510. The van der Waals surface area contributed by atoms with E-state index in [9.17, 15) is 4.57 Å². The second-order valence-corrected chi connectivity index (χ2v) is 3.05. The highest BCUT2D eigenvalue weighted by molar-refractivity contribution is 7.33. The maximum atomic E-state index is 10.3. The SMILES string of the molecule is CC1CO[PH](=O)OC1. The van der Waals surface area contributed by atoms with Crippen LogP contribution in [0.5, 0.6) is 0 Å². The zero-order valence-corrected chi connectivity index (χ0v) is 5.72. The standard InChI is InChI=1S/C4H9O3P/c1-4-2-6-8(5)7-3-4/h4,8H,2-3H2,1H3. The Hall–Kier alpha value is 0.150. The lowest BCUT2D eigenvalue weighted by molar-refractivity contribution is 0.117. The third kappa shape index (κ3) is 1.58. The van der Waals surface area contributed by atoms with Crippen LogP contribution in [0, 0.1) is 5.92 Å². The van der Waals surface area contributed by atoms with E-state index in [-0.39, 0.29) is 0 Å². The minimum Gasteiger partial charge on any atom is -0.310 e. The maximum absolute atomic E-state index is 10.3. The van der Waals surface area contributed by atoms with Gasteiger partial charge in [0, 0.05) is 5.92 Å². The molecule has 1 fully saturated rings. The Kier molecular flexibility index (Phi) is 2.06. The third-order valence-corrected chi connectivity index (χ3v) is 1.78. The first kappa shape index (κ1) is 6.27. The zero-order valence-electron chi connectivity index (χ0n) is 4.72. The van der Waals surface area contributed by atoms with Gasteiger partial charge in [0.2, 0.25) is 0 Å². The zero-order chi connectivity index (χ0) is 5.98. The quantitative estimate of drug-likeness (QED) is 0.467. The van der Waals surface area contributed by atoms with E-state index < -0.39 is 8.25 Å². The van der Waals surface area contributed by atoms with Gasteiger partial charge in [0.25, 0.3) is 0 Å².